The lowest BCUT2D eigenvalue weighted by Crippen LogP contribution is -2.33. The van der Waals surface area contributed by atoms with Crippen molar-refractivity contribution < 1.29 is 21.6 Å². The van der Waals surface area contributed by atoms with Crippen molar-refractivity contribution in [3.8, 4) is 0 Å². The zero-order valence-electron chi connectivity index (χ0n) is 8.82. The van der Waals surface area contributed by atoms with Crippen LogP contribution in [-0.2, 0) is 10.0 Å². The lowest BCUT2D eigenvalue weighted by atomic mass is 10.2. The predicted molar refractivity (Wildman–Crippen MR) is 57.0 cm³/mol. The van der Waals surface area contributed by atoms with Crippen LogP contribution in [0.15, 0.2) is 29.2 Å². The molecule has 0 bridgehead atoms. The highest BCUT2D eigenvalue weighted by molar-refractivity contribution is 7.89. The van der Waals surface area contributed by atoms with Gasteiger partial charge < -0.3 is 5.32 Å². The monoisotopic (exact) mass is 268 g/mol. The zero-order chi connectivity index (χ0) is 13.3. The van der Waals surface area contributed by atoms with E-state index in [1.54, 1.807) is 0 Å². The lowest BCUT2D eigenvalue weighted by Gasteiger charge is -2.18. The Morgan fingerprint density at radius 3 is 2.41 bits per heavy atom. The van der Waals surface area contributed by atoms with Gasteiger partial charge in [-0.3, -0.25) is 0 Å². The topological polar surface area (TPSA) is 72.2 Å². The number of nitrogens with one attached hydrogen (secondary N) is 1. The first-order chi connectivity index (χ1) is 7.60. The van der Waals surface area contributed by atoms with E-state index in [1.165, 1.54) is 18.2 Å². The third-order valence-corrected chi connectivity index (χ3v) is 2.95. The van der Waals surface area contributed by atoms with Gasteiger partial charge in [-0.1, -0.05) is 6.07 Å². The quantitative estimate of drug-likeness (QED) is 0.876. The molecule has 0 aliphatic heterocycles. The Bertz CT molecular complexity index is 499. The number of primary sulfonamides is 1. The van der Waals surface area contributed by atoms with Crippen molar-refractivity contribution in [1.82, 2.24) is 0 Å². The molecule has 1 aromatic rings. The molecular formula is C9H11F3N2O2S. The van der Waals surface area contributed by atoms with Gasteiger partial charge in [0.05, 0.1) is 4.90 Å². The summed E-state index contributed by atoms with van der Waals surface area (Å²) in [5.74, 6) is 0. The number of hydrogen-bond acceptors (Lipinski definition) is 3. The van der Waals surface area contributed by atoms with E-state index in [1.807, 2.05) is 0 Å². The summed E-state index contributed by atoms with van der Waals surface area (Å²) in [7, 11) is -3.92. The highest BCUT2D eigenvalue weighted by Gasteiger charge is 2.35. The molecule has 3 N–H and O–H groups in total. The number of alkyl halides is 3. The largest absolute Gasteiger partial charge is 0.408 e. The van der Waals surface area contributed by atoms with Crippen LogP contribution in [0.3, 0.4) is 0 Å². The van der Waals surface area contributed by atoms with E-state index in [2.05, 4.69) is 5.32 Å². The fourth-order valence-electron chi connectivity index (χ4n) is 1.09. The Balaban J connectivity index is 2.95. The maximum absolute atomic E-state index is 12.3. The highest BCUT2D eigenvalue weighted by atomic mass is 32.2. The molecule has 0 spiro atoms. The van der Waals surface area contributed by atoms with Crippen molar-refractivity contribution in [3.63, 3.8) is 0 Å². The van der Waals surface area contributed by atoms with Gasteiger partial charge in [0.15, 0.2) is 0 Å². The second-order valence-corrected chi connectivity index (χ2v) is 5.04. The number of hydrogen-bond donors (Lipinski definition) is 2. The first kappa shape index (κ1) is 13.8. The summed E-state index contributed by atoms with van der Waals surface area (Å²) in [6.07, 6.45) is -4.41. The molecule has 17 heavy (non-hydrogen) atoms. The Kier molecular flexibility index (Phi) is 3.68. The summed E-state index contributed by atoms with van der Waals surface area (Å²) in [6.45, 7) is 0.934. The normalized spacial score (nSPS) is 14.4. The molecular weight excluding hydrogens is 257 g/mol. The van der Waals surface area contributed by atoms with Gasteiger partial charge in [-0.2, -0.15) is 13.2 Å². The molecule has 0 aromatic heterocycles. The van der Waals surface area contributed by atoms with Crippen LogP contribution >= 0.6 is 0 Å². The number of nitrogens with two attached hydrogens (primary N) is 1. The van der Waals surface area contributed by atoms with Gasteiger partial charge in [-0.25, -0.2) is 13.6 Å². The molecule has 4 nitrogen and oxygen atoms in total. The van der Waals surface area contributed by atoms with Crippen molar-refractivity contribution >= 4 is 15.7 Å². The smallest absolute Gasteiger partial charge is 0.374 e. The molecule has 96 valence electrons. The molecule has 0 aliphatic carbocycles. The molecule has 1 aromatic carbocycles. The third kappa shape index (κ3) is 3.90. The summed E-state index contributed by atoms with van der Waals surface area (Å²) in [5, 5.41) is 7.01. The van der Waals surface area contributed by atoms with Crippen LogP contribution in [0.2, 0.25) is 0 Å². The van der Waals surface area contributed by atoms with Gasteiger partial charge in [-0.15, -0.1) is 0 Å². The second-order valence-electron chi connectivity index (χ2n) is 3.48. The van der Waals surface area contributed by atoms with Crippen LogP contribution < -0.4 is 10.5 Å². The maximum Gasteiger partial charge on any atom is 0.408 e. The summed E-state index contributed by atoms with van der Waals surface area (Å²) in [4.78, 5) is -0.239. The second kappa shape index (κ2) is 4.53. The van der Waals surface area contributed by atoms with E-state index in [-0.39, 0.29) is 10.6 Å². The van der Waals surface area contributed by atoms with Gasteiger partial charge in [0.25, 0.3) is 0 Å². The molecule has 0 aliphatic rings. The lowest BCUT2D eigenvalue weighted by molar-refractivity contribution is -0.138. The van der Waals surface area contributed by atoms with Crippen molar-refractivity contribution in [2.24, 2.45) is 5.14 Å². The van der Waals surface area contributed by atoms with E-state index < -0.39 is 22.2 Å². The predicted octanol–water partition coefficient (Wildman–Crippen LogP) is 1.70. The molecule has 1 unspecified atom stereocenters. The Labute approximate surface area is 96.7 Å². The molecule has 1 atom stereocenters. The molecule has 0 saturated carbocycles. The third-order valence-electron chi connectivity index (χ3n) is 2.04. The Morgan fingerprint density at radius 1 is 1.35 bits per heavy atom. The highest BCUT2D eigenvalue weighted by Crippen LogP contribution is 2.24. The van der Waals surface area contributed by atoms with E-state index >= 15 is 0 Å². The molecule has 8 heteroatoms. The minimum atomic E-state index is -4.41. The van der Waals surface area contributed by atoms with Crippen LogP contribution in [0, 0.1) is 0 Å². The SMILES string of the molecule is CC(Nc1cccc(S(N)(=O)=O)c1)C(F)(F)F. The first-order valence-electron chi connectivity index (χ1n) is 4.57. The van der Waals surface area contributed by atoms with E-state index in [4.69, 9.17) is 5.14 Å². The minimum absolute atomic E-state index is 0.0429. The zero-order valence-corrected chi connectivity index (χ0v) is 9.64. The van der Waals surface area contributed by atoms with Crippen LogP contribution in [-0.4, -0.2) is 20.6 Å². The number of sulfonamides is 1. The van der Waals surface area contributed by atoms with Gasteiger partial charge in [-0.05, 0) is 25.1 Å². The van der Waals surface area contributed by atoms with Crippen LogP contribution in [0.25, 0.3) is 0 Å². The van der Waals surface area contributed by atoms with Gasteiger partial charge in [0, 0.05) is 5.69 Å². The average Bonchev–Trinajstić information content (AvgIpc) is 2.15. The Morgan fingerprint density at radius 2 is 1.94 bits per heavy atom. The van der Waals surface area contributed by atoms with E-state index in [9.17, 15) is 21.6 Å². The fraction of sp³-hybridized carbons (Fsp3) is 0.333. The molecule has 1 rings (SSSR count). The van der Waals surface area contributed by atoms with E-state index in [0.717, 1.165) is 13.0 Å². The number of rotatable bonds is 3. The number of halogens is 3. The van der Waals surface area contributed by atoms with Gasteiger partial charge in [0.1, 0.15) is 6.04 Å². The van der Waals surface area contributed by atoms with Crippen LogP contribution in [0.5, 0.6) is 0 Å². The van der Waals surface area contributed by atoms with E-state index in [0.29, 0.717) is 0 Å². The van der Waals surface area contributed by atoms with Crippen molar-refractivity contribution in [3.05, 3.63) is 24.3 Å². The molecule has 0 amide bonds. The number of benzene rings is 1. The molecule has 0 fully saturated rings. The van der Waals surface area contributed by atoms with Gasteiger partial charge in [0.2, 0.25) is 10.0 Å². The van der Waals surface area contributed by atoms with Crippen molar-refractivity contribution in [2.45, 2.75) is 24.0 Å². The van der Waals surface area contributed by atoms with Crippen LogP contribution in [0.1, 0.15) is 6.92 Å². The van der Waals surface area contributed by atoms with Crippen LogP contribution in [0.4, 0.5) is 18.9 Å². The Hall–Kier alpha value is -1.28. The molecule has 0 saturated heterocycles. The average molecular weight is 268 g/mol. The fourth-order valence-corrected chi connectivity index (χ4v) is 1.65. The summed E-state index contributed by atoms with van der Waals surface area (Å²) in [5.41, 5.74) is 0.0429. The number of anilines is 1. The van der Waals surface area contributed by atoms with Crippen molar-refractivity contribution in [2.75, 3.05) is 5.32 Å². The van der Waals surface area contributed by atoms with Crippen molar-refractivity contribution in [1.29, 1.82) is 0 Å². The summed E-state index contributed by atoms with van der Waals surface area (Å²) < 4.78 is 58.8. The standard InChI is InChI=1S/C9H11F3N2O2S/c1-6(9(10,11)12)14-7-3-2-4-8(5-7)17(13,15)16/h2-6,14H,1H3,(H2,13,15,16). The minimum Gasteiger partial charge on any atom is -0.374 e. The molecule has 0 radical (unpaired) electrons. The first-order valence-corrected chi connectivity index (χ1v) is 6.11. The molecule has 0 heterocycles. The summed E-state index contributed by atoms with van der Waals surface area (Å²) >= 11 is 0. The summed E-state index contributed by atoms with van der Waals surface area (Å²) in [6, 6.07) is 3.12. The maximum atomic E-state index is 12.3. The van der Waals surface area contributed by atoms with Gasteiger partial charge >= 0.3 is 6.18 Å².